The zero-order valence-corrected chi connectivity index (χ0v) is 19.3. The molecule has 0 aliphatic carbocycles. The van der Waals surface area contributed by atoms with E-state index in [1.807, 2.05) is 6.20 Å². The second-order valence-corrected chi connectivity index (χ2v) is 12.4. The Kier molecular flexibility index (Phi) is 5.43. The number of nitrogens with one attached hydrogen (secondary N) is 1. The van der Waals surface area contributed by atoms with Gasteiger partial charge in [0.2, 0.25) is 0 Å². The van der Waals surface area contributed by atoms with E-state index in [-0.39, 0.29) is 23.0 Å². The average Bonchev–Trinajstić information content (AvgIpc) is 3.47. The van der Waals surface area contributed by atoms with Gasteiger partial charge in [-0.25, -0.2) is 19.9 Å². The number of imidazole rings is 1. The number of H-pyrrole nitrogens is 1. The van der Waals surface area contributed by atoms with Crippen molar-refractivity contribution in [2.24, 2.45) is 0 Å². The van der Waals surface area contributed by atoms with Crippen molar-refractivity contribution in [1.82, 2.24) is 34.5 Å². The molecule has 0 radical (unpaired) electrons. The van der Waals surface area contributed by atoms with Crippen LogP contribution in [-0.4, -0.2) is 66.6 Å². The number of halogens is 3. The van der Waals surface area contributed by atoms with Crippen LogP contribution in [-0.2, 0) is 10.7 Å². The molecule has 0 spiro atoms. The van der Waals surface area contributed by atoms with Crippen LogP contribution in [0.25, 0.3) is 17.2 Å². The summed E-state index contributed by atoms with van der Waals surface area (Å²) in [5, 5.41) is 6.89. The van der Waals surface area contributed by atoms with Crippen LogP contribution < -0.4 is 4.90 Å². The van der Waals surface area contributed by atoms with Gasteiger partial charge in [0.05, 0.1) is 25.7 Å². The predicted molar refractivity (Wildman–Crippen MR) is 120 cm³/mol. The van der Waals surface area contributed by atoms with Gasteiger partial charge in [-0.15, -0.1) is 0 Å². The van der Waals surface area contributed by atoms with E-state index in [4.69, 9.17) is 0 Å². The molecule has 0 bridgehead atoms. The molecule has 2 atom stereocenters. The molecular formula is C21H22F3N8OP. The number of alkyl halides is 3. The SMILES string of the molecule is CP(C)(=O)C1CC(c2cn[nH]c2)CN(c2ccnc(-c3cnc4cnc(C(F)(F)F)cn34)n2)C1. The Bertz CT molecular complexity index is 1360. The first-order valence-corrected chi connectivity index (χ1v) is 13.3. The molecule has 1 aliphatic rings. The Morgan fingerprint density at radius 3 is 2.65 bits per heavy atom. The van der Waals surface area contributed by atoms with Gasteiger partial charge in [0, 0.05) is 43.3 Å². The highest BCUT2D eigenvalue weighted by Crippen LogP contribution is 2.49. The lowest BCUT2D eigenvalue weighted by Crippen LogP contribution is -2.42. The molecule has 5 heterocycles. The highest BCUT2D eigenvalue weighted by molar-refractivity contribution is 7.63. The lowest BCUT2D eigenvalue weighted by Gasteiger charge is -2.39. The predicted octanol–water partition coefficient (Wildman–Crippen LogP) is 3.91. The molecule has 0 amide bonds. The van der Waals surface area contributed by atoms with Crippen molar-refractivity contribution in [2.75, 3.05) is 31.3 Å². The molecule has 34 heavy (non-hydrogen) atoms. The first kappa shape index (κ1) is 22.5. The molecule has 9 nitrogen and oxygen atoms in total. The van der Waals surface area contributed by atoms with E-state index in [2.05, 4.69) is 35.0 Å². The van der Waals surface area contributed by atoms with Crippen molar-refractivity contribution in [3.63, 3.8) is 0 Å². The van der Waals surface area contributed by atoms with E-state index >= 15 is 0 Å². The van der Waals surface area contributed by atoms with Gasteiger partial charge < -0.3 is 9.46 Å². The van der Waals surface area contributed by atoms with E-state index in [1.54, 1.807) is 31.8 Å². The van der Waals surface area contributed by atoms with Crippen LogP contribution in [0.15, 0.2) is 43.2 Å². The van der Waals surface area contributed by atoms with Crippen LogP contribution >= 0.6 is 7.14 Å². The van der Waals surface area contributed by atoms with Crippen LogP contribution in [0.1, 0.15) is 23.6 Å². The van der Waals surface area contributed by atoms with E-state index < -0.39 is 19.0 Å². The van der Waals surface area contributed by atoms with Gasteiger partial charge in [-0.3, -0.25) is 9.50 Å². The van der Waals surface area contributed by atoms with Crippen molar-refractivity contribution >= 4 is 18.6 Å². The van der Waals surface area contributed by atoms with Gasteiger partial charge in [-0.05, 0) is 31.4 Å². The summed E-state index contributed by atoms with van der Waals surface area (Å²) in [7, 11) is -2.40. The number of hydrogen-bond donors (Lipinski definition) is 1. The number of nitrogens with zero attached hydrogens (tertiary/aromatic N) is 7. The minimum Gasteiger partial charge on any atom is -0.355 e. The molecule has 1 N–H and O–H groups in total. The lowest BCUT2D eigenvalue weighted by atomic mass is 9.92. The Hall–Kier alpha value is -3.27. The number of hydrogen-bond acceptors (Lipinski definition) is 7. The third-order valence-corrected chi connectivity index (χ3v) is 8.31. The summed E-state index contributed by atoms with van der Waals surface area (Å²) in [4.78, 5) is 18.6. The molecule has 5 rings (SSSR count). The normalized spacial score (nSPS) is 19.6. The second kappa shape index (κ2) is 8.19. The van der Waals surface area contributed by atoms with Gasteiger partial charge in [0.15, 0.2) is 17.2 Å². The third-order valence-electron chi connectivity index (χ3n) is 6.18. The zero-order valence-electron chi connectivity index (χ0n) is 18.4. The van der Waals surface area contributed by atoms with Crippen LogP contribution in [0.2, 0.25) is 0 Å². The topological polar surface area (TPSA) is 105 Å². The molecule has 0 aromatic carbocycles. The number of fused-ring (bicyclic) bond motifs is 1. The maximum absolute atomic E-state index is 13.2. The zero-order chi connectivity index (χ0) is 24.1. The summed E-state index contributed by atoms with van der Waals surface area (Å²) < 4.78 is 53.8. The standard InChI is InChI=1S/C21H22F3N8OP/c1-34(2,33)15-5-13(14-6-28-29-7-14)10-31(11-15)18-3-4-25-20(30-18)16-8-27-19-9-26-17(12-32(16)19)21(22,23)24/h3-4,6-9,12-13,15H,5,10-11H2,1-2H3,(H,28,29). The molecule has 1 saturated heterocycles. The molecule has 2 unspecified atom stereocenters. The summed E-state index contributed by atoms with van der Waals surface area (Å²) in [6.07, 6.45) is 4.77. The maximum atomic E-state index is 13.2. The Balaban J connectivity index is 1.52. The fourth-order valence-electron chi connectivity index (χ4n) is 4.29. The largest absolute Gasteiger partial charge is 0.434 e. The van der Waals surface area contributed by atoms with Crippen molar-refractivity contribution in [2.45, 2.75) is 24.2 Å². The number of aromatic amines is 1. The molecule has 0 saturated carbocycles. The first-order valence-electron chi connectivity index (χ1n) is 10.6. The van der Waals surface area contributed by atoms with Crippen molar-refractivity contribution < 1.29 is 17.7 Å². The van der Waals surface area contributed by atoms with Crippen LogP contribution in [0, 0.1) is 0 Å². The summed E-state index contributed by atoms with van der Waals surface area (Å²) in [6.45, 7) is 4.79. The van der Waals surface area contributed by atoms with Crippen molar-refractivity contribution in [3.05, 3.63) is 54.5 Å². The third kappa shape index (κ3) is 4.29. The Labute approximate surface area is 192 Å². The van der Waals surface area contributed by atoms with E-state index in [9.17, 15) is 17.7 Å². The van der Waals surface area contributed by atoms with Gasteiger partial charge in [-0.1, -0.05) is 0 Å². The number of rotatable bonds is 4. The maximum Gasteiger partial charge on any atom is 0.434 e. The van der Waals surface area contributed by atoms with E-state index in [1.165, 1.54) is 10.6 Å². The number of aromatic nitrogens is 7. The first-order chi connectivity index (χ1) is 16.1. The minimum absolute atomic E-state index is 0.0317. The minimum atomic E-state index is -4.59. The van der Waals surface area contributed by atoms with E-state index in [0.717, 1.165) is 24.4 Å². The summed E-state index contributed by atoms with van der Waals surface area (Å²) >= 11 is 0. The fourth-order valence-corrected chi connectivity index (χ4v) is 5.64. The fraction of sp³-hybridized carbons (Fsp3) is 0.381. The number of anilines is 1. The Morgan fingerprint density at radius 2 is 1.94 bits per heavy atom. The lowest BCUT2D eigenvalue weighted by molar-refractivity contribution is -0.141. The van der Waals surface area contributed by atoms with Crippen molar-refractivity contribution in [3.8, 4) is 11.5 Å². The number of piperidine rings is 1. The summed E-state index contributed by atoms with van der Waals surface area (Å²) in [5.41, 5.74) is 0.551. The highest BCUT2D eigenvalue weighted by atomic mass is 31.2. The van der Waals surface area contributed by atoms with Gasteiger partial charge in [-0.2, -0.15) is 18.3 Å². The quantitative estimate of drug-likeness (QED) is 0.433. The van der Waals surface area contributed by atoms with Gasteiger partial charge in [0.1, 0.15) is 11.5 Å². The van der Waals surface area contributed by atoms with Gasteiger partial charge >= 0.3 is 6.18 Å². The smallest absolute Gasteiger partial charge is 0.355 e. The van der Waals surface area contributed by atoms with Crippen LogP contribution in [0.3, 0.4) is 0 Å². The van der Waals surface area contributed by atoms with E-state index in [0.29, 0.717) is 24.6 Å². The molecule has 1 aliphatic heterocycles. The highest BCUT2D eigenvalue weighted by Gasteiger charge is 2.36. The monoisotopic (exact) mass is 490 g/mol. The molecule has 13 heteroatoms. The second-order valence-electron chi connectivity index (χ2n) is 8.84. The van der Waals surface area contributed by atoms with Crippen LogP contribution in [0.4, 0.5) is 19.0 Å². The Morgan fingerprint density at radius 1 is 1.12 bits per heavy atom. The molecular weight excluding hydrogens is 468 g/mol. The van der Waals surface area contributed by atoms with Crippen molar-refractivity contribution in [1.29, 1.82) is 0 Å². The summed E-state index contributed by atoms with van der Waals surface area (Å²) in [6, 6.07) is 1.75. The summed E-state index contributed by atoms with van der Waals surface area (Å²) in [5.74, 6) is 0.958. The molecule has 1 fully saturated rings. The molecule has 4 aromatic heterocycles. The van der Waals surface area contributed by atoms with Crippen LogP contribution in [0.5, 0.6) is 0 Å². The molecule has 4 aromatic rings. The average molecular weight is 490 g/mol. The van der Waals surface area contributed by atoms with Gasteiger partial charge in [0.25, 0.3) is 0 Å². The molecule has 178 valence electrons.